The Kier molecular flexibility index (Phi) is 4.00. The van der Waals surface area contributed by atoms with Crippen molar-refractivity contribution in [2.24, 2.45) is 5.92 Å². The monoisotopic (exact) mass is 327 g/mol. The minimum atomic E-state index is 0.292. The first-order chi connectivity index (χ1) is 11.2. The van der Waals surface area contributed by atoms with Crippen molar-refractivity contribution >= 4 is 17.4 Å². The van der Waals surface area contributed by atoms with E-state index in [2.05, 4.69) is 45.5 Å². The predicted molar refractivity (Wildman–Crippen MR) is 94.7 cm³/mol. The second kappa shape index (κ2) is 6.14. The number of fused-ring (bicyclic) bond motifs is 2. The highest BCUT2D eigenvalue weighted by molar-refractivity contribution is 6.30. The molecule has 0 spiro atoms. The highest BCUT2D eigenvalue weighted by Gasteiger charge is 2.51. The van der Waals surface area contributed by atoms with Crippen molar-refractivity contribution < 1.29 is 0 Å². The van der Waals surface area contributed by atoms with Gasteiger partial charge in [0.25, 0.3) is 0 Å². The molecule has 23 heavy (non-hydrogen) atoms. The normalized spacial score (nSPS) is 26.6. The van der Waals surface area contributed by atoms with Gasteiger partial charge in [-0.2, -0.15) is 0 Å². The Morgan fingerprint density at radius 2 is 2.00 bits per heavy atom. The molecule has 0 atom stereocenters. The van der Waals surface area contributed by atoms with Crippen LogP contribution in [0.1, 0.15) is 24.8 Å². The zero-order valence-corrected chi connectivity index (χ0v) is 14.0. The van der Waals surface area contributed by atoms with E-state index in [-0.39, 0.29) is 0 Å². The average molecular weight is 328 g/mol. The van der Waals surface area contributed by atoms with E-state index in [9.17, 15) is 0 Å². The molecule has 2 bridgehead atoms. The topological polar surface area (TPSA) is 28.2 Å². The Balaban J connectivity index is 1.45. The summed E-state index contributed by atoms with van der Waals surface area (Å²) in [6.45, 7) is 3.21. The lowest BCUT2D eigenvalue weighted by Crippen LogP contribution is -2.65. The van der Waals surface area contributed by atoms with Crippen LogP contribution in [0.4, 0.5) is 5.82 Å². The van der Waals surface area contributed by atoms with Crippen molar-refractivity contribution in [2.45, 2.75) is 31.3 Å². The lowest BCUT2D eigenvalue weighted by molar-refractivity contribution is -0.0734. The maximum Gasteiger partial charge on any atom is 0.126 e. The van der Waals surface area contributed by atoms with E-state index < -0.39 is 0 Å². The first-order valence-electron chi connectivity index (χ1n) is 8.38. The molecule has 2 aliphatic heterocycles. The van der Waals surface area contributed by atoms with Crippen molar-refractivity contribution in [3.63, 3.8) is 0 Å². The van der Waals surface area contributed by atoms with Gasteiger partial charge in [-0.05, 0) is 49.4 Å². The summed E-state index contributed by atoms with van der Waals surface area (Å²) in [7, 11) is 0. The molecule has 4 heteroatoms. The van der Waals surface area contributed by atoms with Crippen LogP contribution in [-0.2, 0) is 6.54 Å². The van der Waals surface area contributed by atoms with Crippen molar-refractivity contribution in [3.05, 3.63) is 59.2 Å². The van der Waals surface area contributed by atoms with Gasteiger partial charge in [0.05, 0.1) is 5.02 Å². The zero-order valence-electron chi connectivity index (χ0n) is 13.2. The summed E-state index contributed by atoms with van der Waals surface area (Å²) in [5, 5.41) is 4.21. The molecule has 3 fully saturated rings. The summed E-state index contributed by atoms with van der Waals surface area (Å²) in [5.41, 5.74) is 1.70. The lowest BCUT2D eigenvalue weighted by Gasteiger charge is -2.59. The summed E-state index contributed by atoms with van der Waals surface area (Å²) in [6.07, 6.45) is 5.66. The molecular weight excluding hydrogens is 306 g/mol. The van der Waals surface area contributed by atoms with E-state index >= 15 is 0 Å². The van der Waals surface area contributed by atoms with Crippen LogP contribution in [0.15, 0.2) is 48.7 Å². The number of rotatable bonds is 5. The second-order valence-corrected chi connectivity index (χ2v) is 7.35. The zero-order chi connectivity index (χ0) is 15.7. The first-order valence-corrected chi connectivity index (χ1v) is 8.76. The summed E-state index contributed by atoms with van der Waals surface area (Å²) < 4.78 is 0. The average Bonchev–Trinajstić information content (AvgIpc) is 2.55. The molecular formula is C19H22ClN3. The molecule has 1 aromatic carbocycles. The Bertz CT molecular complexity index is 650. The molecule has 1 saturated carbocycles. The van der Waals surface area contributed by atoms with Gasteiger partial charge in [0, 0.05) is 24.8 Å². The molecule has 3 aliphatic rings. The summed E-state index contributed by atoms with van der Waals surface area (Å²) in [6, 6.07) is 14.7. The van der Waals surface area contributed by atoms with Crippen LogP contribution < -0.4 is 5.32 Å². The lowest BCUT2D eigenvalue weighted by atomic mass is 9.62. The molecule has 1 N–H and O–H groups in total. The molecule has 2 aromatic rings. The van der Waals surface area contributed by atoms with Gasteiger partial charge in [0.2, 0.25) is 0 Å². The van der Waals surface area contributed by atoms with Crippen LogP contribution in [-0.4, -0.2) is 28.5 Å². The quantitative estimate of drug-likeness (QED) is 0.892. The molecule has 5 rings (SSSR count). The molecule has 2 saturated heterocycles. The van der Waals surface area contributed by atoms with Crippen LogP contribution in [0, 0.1) is 5.92 Å². The minimum Gasteiger partial charge on any atom is -0.368 e. The largest absolute Gasteiger partial charge is 0.368 e. The number of hydrogen-bond donors (Lipinski definition) is 1. The van der Waals surface area contributed by atoms with E-state index in [4.69, 9.17) is 11.6 Å². The maximum atomic E-state index is 5.91. The number of anilines is 1. The molecule has 3 heterocycles. The smallest absolute Gasteiger partial charge is 0.126 e. The van der Waals surface area contributed by atoms with Gasteiger partial charge in [-0.1, -0.05) is 41.9 Å². The summed E-state index contributed by atoms with van der Waals surface area (Å²) in [4.78, 5) is 7.03. The van der Waals surface area contributed by atoms with Crippen LogP contribution in [0.2, 0.25) is 5.02 Å². The molecule has 0 amide bonds. The highest BCUT2D eigenvalue weighted by Crippen LogP contribution is 2.49. The van der Waals surface area contributed by atoms with Crippen LogP contribution in [0.25, 0.3) is 0 Å². The fraction of sp³-hybridized carbons (Fsp3) is 0.421. The third-order valence-electron chi connectivity index (χ3n) is 5.36. The molecule has 0 radical (unpaired) electrons. The van der Waals surface area contributed by atoms with Gasteiger partial charge in [-0.25, -0.2) is 4.98 Å². The fourth-order valence-electron chi connectivity index (χ4n) is 4.09. The predicted octanol–water partition coefficient (Wildman–Crippen LogP) is 4.20. The Morgan fingerprint density at radius 3 is 2.74 bits per heavy atom. The van der Waals surface area contributed by atoms with Gasteiger partial charge >= 0.3 is 0 Å². The number of piperidine rings is 2. The molecule has 1 aliphatic carbocycles. The van der Waals surface area contributed by atoms with Crippen LogP contribution in [0.3, 0.4) is 0 Å². The number of pyridine rings is 1. The van der Waals surface area contributed by atoms with Gasteiger partial charge < -0.3 is 5.32 Å². The Morgan fingerprint density at radius 1 is 1.17 bits per heavy atom. The van der Waals surface area contributed by atoms with Crippen molar-refractivity contribution in [3.8, 4) is 0 Å². The van der Waals surface area contributed by atoms with E-state index in [1.54, 1.807) is 6.20 Å². The fourth-order valence-corrected chi connectivity index (χ4v) is 4.21. The van der Waals surface area contributed by atoms with Gasteiger partial charge in [0.1, 0.15) is 5.82 Å². The third kappa shape index (κ3) is 3.08. The van der Waals surface area contributed by atoms with E-state index in [1.165, 1.54) is 31.4 Å². The number of hydrogen-bond acceptors (Lipinski definition) is 3. The van der Waals surface area contributed by atoms with Gasteiger partial charge in [-0.3, -0.25) is 4.90 Å². The number of nitrogens with one attached hydrogen (secondary N) is 1. The number of aromatic nitrogens is 1. The number of halogens is 1. The third-order valence-corrected chi connectivity index (χ3v) is 5.58. The Labute approximate surface area is 142 Å². The van der Waals surface area contributed by atoms with E-state index in [0.717, 1.165) is 24.8 Å². The van der Waals surface area contributed by atoms with Gasteiger partial charge in [0.15, 0.2) is 0 Å². The van der Waals surface area contributed by atoms with E-state index in [0.29, 0.717) is 10.6 Å². The molecule has 1 aromatic heterocycles. The molecule has 0 unspecified atom stereocenters. The van der Waals surface area contributed by atoms with Crippen molar-refractivity contribution in [1.29, 1.82) is 0 Å². The maximum absolute atomic E-state index is 5.91. The minimum absolute atomic E-state index is 0.292. The Hall–Kier alpha value is -1.58. The first kappa shape index (κ1) is 15.0. The number of nitrogens with zero attached hydrogens (tertiary/aromatic N) is 2. The van der Waals surface area contributed by atoms with Crippen LogP contribution in [0.5, 0.6) is 0 Å². The molecule has 120 valence electrons. The highest BCUT2D eigenvalue weighted by atomic mass is 35.5. The molecule has 3 nitrogen and oxygen atoms in total. The van der Waals surface area contributed by atoms with Crippen LogP contribution >= 0.6 is 11.6 Å². The summed E-state index contributed by atoms with van der Waals surface area (Å²) >= 11 is 5.91. The summed E-state index contributed by atoms with van der Waals surface area (Å²) in [5.74, 6) is 1.83. The van der Waals surface area contributed by atoms with Gasteiger partial charge in [-0.15, -0.1) is 0 Å². The standard InChI is InChI=1S/C19H22ClN3/c20-17-6-7-18(21-12-17)22-14-19-10-16(11-19)8-9-23(19)13-15-4-2-1-3-5-15/h1-7,12,16H,8-11,13-14H2,(H,21,22). The SMILES string of the molecule is Clc1ccc(NCC23CC(CCN2Cc2ccccc2)C3)nc1. The van der Waals surface area contributed by atoms with Crippen molar-refractivity contribution in [1.82, 2.24) is 9.88 Å². The second-order valence-electron chi connectivity index (χ2n) is 6.91. The number of benzene rings is 1. The van der Waals surface area contributed by atoms with Crippen molar-refractivity contribution in [2.75, 3.05) is 18.4 Å². The van der Waals surface area contributed by atoms with E-state index in [1.807, 2.05) is 12.1 Å².